The average molecular weight is 344 g/mol. The molecule has 2 N–H and O–H groups in total. The molecular formula is C19H24N2O4. The van der Waals surface area contributed by atoms with Gasteiger partial charge in [0.2, 0.25) is 5.43 Å². The van der Waals surface area contributed by atoms with E-state index in [0.717, 1.165) is 18.5 Å². The van der Waals surface area contributed by atoms with Crippen LogP contribution in [-0.4, -0.2) is 22.7 Å². The van der Waals surface area contributed by atoms with Crippen LogP contribution in [0.5, 0.6) is 11.5 Å². The van der Waals surface area contributed by atoms with Crippen molar-refractivity contribution in [2.45, 2.75) is 39.8 Å². The second-order valence-electron chi connectivity index (χ2n) is 5.87. The second-order valence-corrected chi connectivity index (χ2v) is 5.87. The zero-order valence-electron chi connectivity index (χ0n) is 14.8. The number of hydrogen-bond acceptors (Lipinski definition) is 4. The SMILES string of the molecule is CCCCn1c(C)cc(=O)c(O)c1CNC(=O)c1cccc(OC)c1. The highest BCUT2D eigenvalue weighted by Crippen LogP contribution is 2.16. The van der Waals surface area contributed by atoms with Gasteiger partial charge in [-0.15, -0.1) is 0 Å². The van der Waals surface area contributed by atoms with Crippen molar-refractivity contribution in [3.63, 3.8) is 0 Å². The number of nitrogens with zero attached hydrogens (tertiary/aromatic N) is 1. The van der Waals surface area contributed by atoms with Crippen LogP contribution in [0.3, 0.4) is 0 Å². The molecule has 6 heteroatoms. The number of ether oxygens (including phenoxy) is 1. The molecule has 2 aromatic rings. The summed E-state index contributed by atoms with van der Waals surface area (Å²) in [5, 5.41) is 12.9. The Morgan fingerprint density at radius 1 is 1.32 bits per heavy atom. The lowest BCUT2D eigenvalue weighted by atomic mass is 10.2. The lowest BCUT2D eigenvalue weighted by molar-refractivity contribution is 0.0949. The van der Waals surface area contributed by atoms with Crippen molar-refractivity contribution in [3.8, 4) is 11.5 Å². The highest BCUT2D eigenvalue weighted by atomic mass is 16.5. The summed E-state index contributed by atoms with van der Waals surface area (Å²) in [6, 6.07) is 8.22. The second kappa shape index (κ2) is 8.37. The summed E-state index contributed by atoms with van der Waals surface area (Å²) < 4.78 is 7.00. The van der Waals surface area contributed by atoms with Gasteiger partial charge in [-0.1, -0.05) is 19.4 Å². The highest BCUT2D eigenvalue weighted by Gasteiger charge is 2.15. The Hall–Kier alpha value is -2.76. The Morgan fingerprint density at radius 2 is 2.08 bits per heavy atom. The Labute approximate surface area is 147 Å². The molecule has 0 unspecified atom stereocenters. The van der Waals surface area contributed by atoms with Crippen LogP contribution >= 0.6 is 0 Å². The fourth-order valence-corrected chi connectivity index (χ4v) is 2.66. The van der Waals surface area contributed by atoms with Crippen LogP contribution in [-0.2, 0) is 13.1 Å². The number of unbranched alkanes of at least 4 members (excludes halogenated alkanes) is 1. The normalized spacial score (nSPS) is 10.5. The number of pyridine rings is 1. The van der Waals surface area contributed by atoms with E-state index in [9.17, 15) is 14.7 Å². The van der Waals surface area contributed by atoms with Crippen molar-refractivity contribution in [2.24, 2.45) is 0 Å². The molecule has 0 fully saturated rings. The van der Waals surface area contributed by atoms with Gasteiger partial charge in [0.25, 0.3) is 5.91 Å². The van der Waals surface area contributed by atoms with E-state index in [4.69, 9.17) is 4.74 Å². The maximum absolute atomic E-state index is 12.4. The Morgan fingerprint density at radius 3 is 2.76 bits per heavy atom. The van der Waals surface area contributed by atoms with Gasteiger partial charge in [-0.3, -0.25) is 9.59 Å². The molecule has 0 saturated heterocycles. The van der Waals surface area contributed by atoms with Crippen LogP contribution < -0.4 is 15.5 Å². The number of aryl methyl sites for hydroxylation is 1. The third-order valence-electron chi connectivity index (χ3n) is 4.08. The minimum absolute atomic E-state index is 0.0719. The number of aromatic nitrogens is 1. The van der Waals surface area contributed by atoms with Gasteiger partial charge in [0, 0.05) is 23.9 Å². The molecular weight excluding hydrogens is 320 g/mol. The molecule has 134 valence electrons. The van der Waals surface area contributed by atoms with Crippen molar-refractivity contribution < 1.29 is 14.6 Å². The van der Waals surface area contributed by atoms with Crippen LogP contribution in [0, 0.1) is 6.92 Å². The minimum Gasteiger partial charge on any atom is -0.503 e. The largest absolute Gasteiger partial charge is 0.503 e. The molecule has 0 radical (unpaired) electrons. The van der Waals surface area contributed by atoms with E-state index in [1.54, 1.807) is 24.3 Å². The summed E-state index contributed by atoms with van der Waals surface area (Å²) in [6.45, 7) is 4.65. The highest BCUT2D eigenvalue weighted by molar-refractivity contribution is 5.94. The van der Waals surface area contributed by atoms with Crippen molar-refractivity contribution in [3.05, 3.63) is 57.5 Å². The van der Waals surface area contributed by atoms with E-state index in [1.165, 1.54) is 13.2 Å². The molecule has 0 bridgehead atoms. The Balaban J connectivity index is 2.24. The first-order valence-electron chi connectivity index (χ1n) is 8.32. The molecule has 1 aromatic heterocycles. The lowest BCUT2D eigenvalue weighted by Crippen LogP contribution is -2.27. The third-order valence-corrected chi connectivity index (χ3v) is 4.08. The molecule has 1 aromatic carbocycles. The number of nitrogens with one attached hydrogen (secondary N) is 1. The van der Waals surface area contributed by atoms with E-state index >= 15 is 0 Å². The standard InChI is InChI=1S/C19H24N2O4/c1-4-5-9-21-13(2)10-17(22)18(23)16(21)12-20-19(24)14-7-6-8-15(11-14)25-3/h6-8,10-11,23H,4-5,9,12H2,1-3H3,(H,20,24). The molecule has 0 aliphatic rings. The van der Waals surface area contributed by atoms with Gasteiger partial charge in [0.1, 0.15) is 5.75 Å². The molecule has 2 rings (SSSR count). The van der Waals surface area contributed by atoms with Gasteiger partial charge in [0.05, 0.1) is 19.3 Å². The number of benzene rings is 1. The van der Waals surface area contributed by atoms with Gasteiger partial charge in [-0.2, -0.15) is 0 Å². The summed E-state index contributed by atoms with van der Waals surface area (Å²) in [6.07, 6.45) is 1.90. The Kier molecular flexibility index (Phi) is 6.22. The first-order valence-corrected chi connectivity index (χ1v) is 8.32. The predicted molar refractivity (Wildman–Crippen MR) is 96.2 cm³/mol. The lowest BCUT2D eigenvalue weighted by Gasteiger charge is -2.18. The number of methoxy groups -OCH3 is 1. The van der Waals surface area contributed by atoms with E-state index in [0.29, 0.717) is 23.6 Å². The van der Waals surface area contributed by atoms with Crippen molar-refractivity contribution in [1.82, 2.24) is 9.88 Å². The third kappa shape index (κ3) is 4.41. The number of carbonyl (C=O) groups is 1. The molecule has 0 atom stereocenters. The molecule has 0 aliphatic carbocycles. The molecule has 0 aliphatic heterocycles. The molecule has 6 nitrogen and oxygen atoms in total. The van der Waals surface area contributed by atoms with Gasteiger partial charge in [0.15, 0.2) is 5.75 Å². The van der Waals surface area contributed by atoms with E-state index in [-0.39, 0.29) is 18.2 Å². The fraction of sp³-hybridized carbons (Fsp3) is 0.368. The van der Waals surface area contributed by atoms with Crippen molar-refractivity contribution >= 4 is 5.91 Å². The maximum Gasteiger partial charge on any atom is 0.251 e. The first-order chi connectivity index (χ1) is 12.0. The Bertz CT molecular complexity index is 812. The van der Waals surface area contributed by atoms with Gasteiger partial charge in [-0.05, 0) is 31.5 Å². The molecule has 1 heterocycles. The number of carbonyl (C=O) groups excluding carboxylic acids is 1. The topological polar surface area (TPSA) is 80.6 Å². The van der Waals surface area contributed by atoms with Crippen LogP contribution in [0.4, 0.5) is 0 Å². The van der Waals surface area contributed by atoms with Gasteiger partial charge < -0.3 is 19.7 Å². The van der Waals surface area contributed by atoms with Crippen LogP contribution in [0.2, 0.25) is 0 Å². The molecule has 1 amide bonds. The number of amides is 1. The minimum atomic E-state index is -0.434. The number of hydrogen-bond donors (Lipinski definition) is 2. The zero-order valence-corrected chi connectivity index (χ0v) is 14.8. The zero-order chi connectivity index (χ0) is 18.4. The van der Waals surface area contributed by atoms with E-state index in [1.807, 2.05) is 11.5 Å². The number of rotatable bonds is 7. The van der Waals surface area contributed by atoms with Crippen LogP contribution in [0.15, 0.2) is 35.1 Å². The molecule has 25 heavy (non-hydrogen) atoms. The first kappa shape index (κ1) is 18.6. The van der Waals surface area contributed by atoms with E-state index < -0.39 is 5.43 Å². The van der Waals surface area contributed by atoms with Crippen LogP contribution in [0.1, 0.15) is 41.5 Å². The smallest absolute Gasteiger partial charge is 0.251 e. The quantitative estimate of drug-likeness (QED) is 0.809. The maximum atomic E-state index is 12.4. The molecule has 0 spiro atoms. The predicted octanol–water partition coefficient (Wildman–Crippen LogP) is 2.60. The summed E-state index contributed by atoms with van der Waals surface area (Å²) in [7, 11) is 1.54. The summed E-state index contributed by atoms with van der Waals surface area (Å²) in [5.74, 6) is -0.0205. The van der Waals surface area contributed by atoms with Crippen LogP contribution in [0.25, 0.3) is 0 Å². The van der Waals surface area contributed by atoms with E-state index in [2.05, 4.69) is 12.2 Å². The molecule has 0 saturated carbocycles. The average Bonchev–Trinajstić information content (AvgIpc) is 2.62. The monoisotopic (exact) mass is 344 g/mol. The summed E-state index contributed by atoms with van der Waals surface area (Å²) in [5.41, 5.74) is 1.21. The summed E-state index contributed by atoms with van der Waals surface area (Å²) in [4.78, 5) is 24.2. The fourth-order valence-electron chi connectivity index (χ4n) is 2.66. The van der Waals surface area contributed by atoms with Gasteiger partial charge in [-0.25, -0.2) is 0 Å². The van der Waals surface area contributed by atoms with Gasteiger partial charge >= 0.3 is 0 Å². The number of aromatic hydroxyl groups is 1. The van der Waals surface area contributed by atoms with Crippen molar-refractivity contribution in [2.75, 3.05) is 7.11 Å². The summed E-state index contributed by atoms with van der Waals surface area (Å²) >= 11 is 0. The van der Waals surface area contributed by atoms with Crippen molar-refractivity contribution in [1.29, 1.82) is 0 Å².